The predicted octanol–water partition coefficient (Wildman–Crippen LogP) is 4.42. The first-order valence-corrected chi connectivity index (χ1v) is 15.1. The molecule has 3 amide bonds. The summed E-state index contributed by atoms with van der Waals surface area (Å²) in [7, 11) is 1.55. The van der Waals surface area contributed by atoms with Gasteiger partial charge in [-0.15, -0.1) is 0 Å². The zero-order chi connectivity index (χ0) is 31.4. The summed E-state index contributed by atoms with van der Waals surface area (Å²) in [5, 5.41) is 5.54. The second kappa shape index (κ2) is 13.4. The fraction of sp³-hybridized carbons (Fsp3) is 0.382. The average Bonchev–Trinajstić information content (AvgIpc) is 3.87. The van der Waals surface area contributed by atoms with Gasteiger partial charge >= 0.3 is 0 Å². The predicted molar refractivity (Wildman–Crippen MR) is 169 cm³/mol. The quantitative estimate of drug-likeness (QED) is 0.333. The number of pyridine rings is 2. The number of aryl methyl sites for hydroxylation is 2. The molecule has 1 aromatic carbocycles. The van der Waals surface area contributed by atoms with Crippen LogP contribution in [-0.2, 0) is 4.79 Å². The lowest BCUT2D eigenvalue weighted by Gasteiger charge is -2.40. The normalized spacial score (nSPS) is 17.5. The van der Waals surface area contributed by atoms with E-state index in [1.54, 1.807) is 31.4 Å². The molecule has 2 aromatic heterocycles. The summed E-state index contributed by atoms with van der Waals surface area (Å²) in [6.07, 6.45) is 6.75. The Bertz CT molecular complexity index is 1550. The van der Waals surface area contributed by atoms with E-state index >= 15 is 0 Å². The number of rotatable bonds is 10. The number of carbonyl (C=O) groups excluding carboxylic acids is 3. The van der Waals surface area contributed by atoms with Crippen LogP contribution in [0.1, 0.15) is 74.9 Å². The summed E-state index contributed by atoms with van der Waals surface area (Å²) >= 11 is 0. The molecular weight excluding hydrogens is 556 g/mol. The van der Waals surface area contributed by atoms with E-state index in [-0.39, 0.29) is 29.3 Å². The van der Waals surface area contributed by atoms with Gasteiger partial charge in [0, 0.05) is 57.2 Å². The fourth-order valence-corrected chi connectivity index (χ4v) is 5.61. The minimum absolute atomic E-state index is 0.00399. The first-order valence-electron chi connectivity index (χ1n) is 15.1. The Hall–Kier alpha value is -4.57. The molecule has 1 saturated carbocycles. The zero-order valence-corrected chi connectivity index (χ0v) is 25.8. The first kappa shape index (κ1) is 30.9. The number of hydrogen-bond acceptors (Lipinski definition) is 7. The highest BCUT2D eigenvalue weighted by atomic mass is 16.5. The largest absolute Gasteiger partial charge is 0.482 e. The van der Waals surface area contributed by atoms with Gasteiger partial charge in [0.15, 0.2) is 6.10 Å². The van der Waals surface area contributed by atoms with Gasteiger partial charge in [0.05, 0.1) is 11.3 Å². The van der Waals surface area contributed by atoms with E-state index in [4.69, 9.17) is 9.72 Å². The van der Waals surface area contributed by atoms with Crippen molar-refractivity contribution < 1.29 is 19.1 Å². The molecule has 5 rings (SSSR count). The van der Waals surface area contributed by atoms with E-state index in [0.29, 0.717) is 54.8 Å². The summed E-state index contributed by atoms with van der Waals surface area (Å²) in [6.45, 7) is 11.7. The number of benzene rings is 1. The fourth-order valence-electron chi connectivity index (χ4n) is 5.61. The molecule has 2 aliphatic rings. The minimum atomic E-state index is -0.504. The smallest absolute Gasteiger partial charge is 0.257 e. The van der Waals surface area contributed by atoms with E-state index in [1.807, 2.05) is 44.0 Å². The number of ether oxygens (including phenoxy) is 1. The molecule has 1 aliphatic heterocycles. The van der Waals surface area contributed by atoms with Crippen LogP contribution in [0.4, 0.5) is 5.82 Å². The second-order valence-corrected chi connectivity index (χ2v) is 11.6. The zero-order valence-electron chi connectivity index (χ0n) is 25.8. The van der Waals surface area contributed by atoms with Crippen molar-refractivity contribution in [1.82, 2.24) is 25.1 Å². The number of carbonyl (C=O) groups is 3. The van der Waals surface area contributed by atoms with Crippen molar-refractivity contribution in [1.29, 1.82) is 0 Å². The number of nitrogens with one attached hydrogen (secondary N) is 2. The number of amides is 3. The molecule has 1 saturated heterocycles. The topological polar surface area (TPSA) is 117 Å². The molecule has 2 fully saturated rings. The molecule has 0 unspecified atom stereocenters. The van der Waals surface area contributed by atoms with Crippen LogP contribution in [0.3, 0.4) is 0 Å². The van der Waals surface area contributed by atoms with Crippen molar-refractivity contribution in [2.24, 2.45) is 0 Å². The van der Waals surface area contributed by atoms with Gasteiger partial charge in [-0.3, -0.25) is 24.3 Å². The number of nitrogens with zero attached hydrogens (tertiary/aromatic N) is 4. The van der Waals surface area contributed by atoms with E-state index in [1.165, 1.54) is 24.5 Å². The molecule has 44 heavy (non-hydrogen) atoms. The van der Waals surface area contributed by atoms with Crippen molar-refractivity contribution in [3.63, 3.8) is 0 Å². The second-order valence-electron chi connectivity index (χ2n) is 11.6. The van der Waals surface area contributed by atoms with Crippen molar-refractivity contribution in [3.05, 3.63) is 95.0 Å². The van der Waals surface area contributed by atoms with E-state index in [0.717, 1.165) is 11.3 Å². The monoisotopic (exact) mass is 596 g/mol. The number of piperazine rings is 1. The molecule has 3 aromatic rings. The van der Waals surface area contributed by atoms with Crippen LogP contribution in [0.2, 0.25) is 0 Å². The van der Waals surface area contributed by atoms with Gasteiger partial charge in [0.1, 0.15) is 11.6 Å². The molecule has 10 heteroatoms. The molecule has 0 radical (unpaired) electrons. The molecule has 3 heterocycles. The minimum Gasteiger partial charge on any atom is -0.482 e. The summed E-state index contributed by atoms with van der Waals surface area (Å²) in [4.78, 5) is 51.9. The average molecular weight is 597 g/mol. The molecule has 2 N–H and O–H groups in total. The molecule has 0 spiro atoms. The van der Waals surface area contributed by atoms with Gasteiger partial charge in [0.25, 0.3) is 11.8 Å². The molecule has 230 valence electrons. The lowest BCUT2D eigenvalue weighted by molar-refractivity contribution is -0.130. The van der Waals surface area contributed by atoms with Crippen molar-refractivity contribution >= 4 is 23.5 Å². The number of aromatic nitrogens is 2. The van der Waals surface area contributed by atoms with Crippen LogP contribution >= 0.6 is 0 Å². The Kier molecular flexibility index (Phi) is 9.39. The number of hydrogen-bond donors (Lipinski definition) is 2. The maximum absolute atomic E-state index is 13.3. The molecule has 1 aliphatic carbocycles. The third kappa shape index (κ3) is 6.97. The van der Waals surface area contributed by atoms with E-state index < -0.39 is 6.10 Å². The maximum atomic E-state index is 13.3. The highest BCUT2D eigenvalue weighted by Gasteiger charge is 2.31. The van der Waals surface area contributed by atoms with Gasteiger partial charge < -0.3 is 20.3 Å². The van der Waals surface area contributed by atoms with Gasteiger partial charge in [0.2, 0.25) is 5.91 Å². The molecular formula is C34H40N6O4. The van der Waals surface area contributed by atoms with Crippen molar-refractivity contribution in [3.8, 4) is 5.75 Å². The van der Waals surface area contributed by atoms with Crippen LogP contribution in [0.25, 0.3) is 0 Å². The lowest BCUT2D eigenvalue weighted by atomic mass is 10.0. The van der Waals surface area contributed by atoms with Crippen LogP contribution in [0.15, 0.2) is 61.4 Å². The highest BCUT2D eigenvalue weighted by Crippen LogP contribution is 2.40. The third-order valence-corrected chi connectivity index (χ3v) is 8.33. The van der Waals surface area contributed by atoms with Gasteiger partial charge in [-0.05, 0) is 86.6 Å². The highest BCUT2D eigenvalue weighted by molar-refractivity contribution is 6.07. The summed E-state index contributed by atoms with van der Waals surface area (Å²) < 4.78 is 6.65. The van der Waals surface area contributed by atoms with Gasteiger partial charge in [-0.1, -0.05) is 18.7 Å². The summed E-state index contributed by atoms with van der Waals surface area (Å²) in [5.74, 6) is 0.584. The summed E-state index contributed by atoms with van der Waals surface area (Å²) in [6, 6.07) is 11.1. The van der Waals surface area contributed by atoms with Crippen LogP contribution in [-0.4, -0.2) is 76.8 Å². The maximum Gasteiger partial charge on any atom is 0.257 e. The Morgan fingerprint density at radius 2 is 1.86 bits per heavy atom. The standard InChI is InChI=1S/C34H40N6O4/c1-6-31(41)40-15-14-39(19-23(40)4)20-30(28-12-11-25(18-37-28)24-9-10-24)44-29-16-22(3)26(17-27(29)33(42)35-5)34(43)38-32-21(2)8-7-13-36-32/h6-8,11-13,16-18,23-24,30H,1,9-10,14-15,19-20H2,2-5H3,(H,35,42)(H,36,38,43)/t23-,30+/m1/s1. The number of anilines is 1. The van der Waals surface area contributed by atoms with Crippen molar-refractivity contribution in [2.45, 2.75) is 51.7 Å². The Labute approximate surface area is 258 Å². The molecule has 10 nitrogen and oxygen atoms in total. The SMILES string of the molecule is C=CC(=O)N1CCN(C[C@H](Oc2cc(C)c(C(=O)Nc3ncccc3C)cc2C(=O)NC)c2ccc(C3CC3)cn2)C[C@H]1C. The van der Waals surface area contributed by atoms with Gasteiger partial charge in [-0.25, -0.2) is 4.98 Å². The first-order chi connectivity index (χ1) is 21.2. The Balaban J connectivity index is 1.44. The van der Waals surface area contributed by atoms with Crippen molar-refractivity contribution in [2.75, 3.05) is 38.5 Å². The van der Waals surface area contributed by atoms with E-state index in [9.17, 15) is 14.4 Å². The van der Waals surface area contributed by atoms with Crippen LogP contribution < -0.4 is 15.4 Å². The molecule has 2 atom stereocenters. The lowest BCUT2D eigenvalue weighted by Crippen LogP contribution is -2.54. The van der Waals surface area contributed by atoms with Gasteiger partial charge in [-0.2, -0.15) is 0 Å². The molecule has 0 bridgehead atoms. The van der Waals surface area contributed by atoms with Crippen LogP contribution in [0, 0.1) is 13.8 Å². The Morgan fingerprint density at radius 1 is 1.07 bits per heavy atom. The van der Waals surface area contributed by atoms with Crippen LogP contribution in [0.5, 0.6) is 5.75 Å². The summed E-state index contributed by atoms with van der Waals surface area (Å²) in [5.41, 5.74) is 4.05. The third-order valence-electron chi connectivity index (χ3n) is 8.33. The van der Waals surface area contributed by atoms with E-state index in [2.05, 4.69) is 33.2 Å². The Morgan fingerprint density at radius 3 is 2.50 bits per heavy atom.